The van der Waals surface area contributed by atoms with Gasteiger partial charge in [0.05, 0.1) is 5.41 Å². The van der Waals surface area contributed by atoms with Gasteiger partial charge in [-0.25, -0.2) is 0 Å². The van der Waals surface area contributed by atoms with E-state index in [1.54, 1.807) is 11.1 Å². The number of fused-ring (bicyclic) bond motifs is 10. The molecular formula is C50H66. The summed E-state index contributed by atoms with van der Waals surface area (Å²) >= 11 is 0. The van der Waals surface area contributed by atoms with Crippen LogP contribution in [0, 0.1) is 5.92 Å². The van der Waals surface area contributed by atoms with Crippen LogP contribution < -0.4 is 0 Å². The van der Waals surface area contributed by atoms with Crippen LogP contribution in [0.2, 0.25) is 0 Å². The van der Waals surface area contributed by atoms with Crippen LogP contribution in [-0.2, 0) is 22.7 Å². The lowest BCUT2D eigenvalue weighted by molar-refractivity contribution is 0.383. The zero-order valence-electron chi connectivity index (χ0n) is 33.0. The zero-order chi connectivity index (χ0) is 35.5. The van der Waals surface area contributed by atoms with Crippen molar-refractivity contribution in [2.75, 3.05) is 0 Å². The molecule has 4 aromatic carbocycles. The third kappa shape index (κ3) is 6.55. The number of hydrogen-bond acceptors (Lipinski definition) is 0. The Labute approximate surface area is 306 Å². The second-order valence-corrected chi connectivity index (χ2v) is 17.2. The van der Waals surface area contributed by atoms with Gasteiger partial charge in [-0.3, -0.25) is 0 Å². The quantitative estimate of drug-likeness (QED) is 0.0850. The van der Waals surface area contributed by atoms with Crippen LogP contribution in [0.1, 0.15) is 178 Å². The average Bonchev–Trinajstić information content (AvgIpc) is 3.60. The van der Waals surface area contributed by atoms with Crippen molar-refractivity contribution in [3.63, 3.8) is 0 Å². The lowest BCUT2D eigenvalue weighted by Crippen LogP contribution is -2.28. The summed E-state index contributed by atoms with van der Waals surface area (Å²) in [5.74, 6) is 0.817. The van der Waals surface area contributed by atoms with Crippen molar-refractivity contribution in [2.24, 2.45) is 5.92 Å². The van der Waals surface area contributed by atoms with Crippen molar-refractivity contribution in [1.29, 1.82) is 0 Å². The molecule has 0 radical (unpaired) electrons. The summed E-state index contributed by atoms with van der Waals surface area (Å²) in [6, 6.07) is 31.7. The molecule has 2 aliphatic carbocycles. The third-order valence-electron chi connectivity index (χ3n) is 13.4. The fraction of sp³-hybridized carbons (Fsp3) is 0.520. The molecule has 0 unspecified atom stereocenters. The Morgan fingerprint density at radius 2 is 1.04 bits per heavy atom. The molecule has 0 aliphatic heterocycles. The summed E-state index contributed by atoms with van der Waals surface area (Å²) in [5, 5.41) is 0. The normalized spacial score (nSPS) is 14.3. The van der Waals surface area contributed by atoms with E-state index in [1.807, 2.05) is 0 Å². The molecular weight excluding hydrogens is 601 g/mol. The summed E-state index contributed by atoms with van der Waals surface area (Å²) in [4.78, 5) is 0. The van der Waals surface area contributed by atoms with Gasteiger partial charge >= 0.3 is 0 Å². The molecule has 0 aromatic heterocycles. The van der Waals surface area contributed by atoms with Crippen LogP contribution in [0.3, 0.4) is 0 Å². The molecule has 0 atom stereocenters. The van der Waals surface area contributed by atoms with E-state index < -0.39 is 0 Å². The van der Waals surface area contributed by atoms with Gasteiger partial charge in [-0.1, -0.05) is 198 Å². The molecule has 0 N–H and O–H groups in total. The van der Waals surface area contributed by atoms with Crippen molar-refractivity contribution in [3.8, 4) is 22.3 Å². The Kier molecular flexibility index (Phi) is 11.2. The third-order valence-corrected chi connectivity index (χ3v) is 13.4. The predicted molar refractivity (Wildman–Crippen MR) is 219 cm³/mol. The van der Waals surface area contributed by atoms with Gasteiger partial charge in [0.15, 0.2) is 0 Å². The van der Waals surface area contributed by atoms with Crippen molar-refractivity contribution in [1.82, 2.24) is 0 Å². The first-order valence-corrected chi connectivity index (χ1v) is 20.7. The Morgan fingerprint density at radius 1 is 0.500 bits per heavy atom. The van der Waals surface area contributed by atoms with E-state index in [-0.39, 0.29) is 16.2 Å². The van der Waals surface area contributed by atoms with E-state index in [0.29, 0.717) is 0 Å². The maximum absolute atomic E-state index is 2.67. The molecule has 1 spiro atoms. The highest BCUT2D eigenvalue weighted by Gasteiger charge is 2.52. The minimum atomic E-state index is -0.300. The van der Waals surface area contributed by atoms with Crippen molar-refractivity contribution >= 4 is 0 Å². The highest BCUT2D eigenvalue weighted by molar-refractivity contribution is 5.96. The number of benzene rings is 4. The first-order chi connectivity index (χ1) is 24.1. The van der Waals surface area contributed by atoms with Gasteiger partial charge in [0.1, 0.15) is 0 Å². The molecule has 0 bridgehead atoms. The minimum absolute atomic E-state index is 0.104. The monoisotopic (exact) mass is 667 g/mol. The summed E-state index contributed by atoms with van der Waals surface area (Å²) < 4.78 is 0. The summed E-state index contributed by atoms with van der Waals surface area (Å²) in [7, 11) is 0. The molecule has 0 heteroatoms. The van der Waals surface area contributed by atoms with Crippen LogP contribution in [0.4, 0.5) is 0 Å². The molecule has 2 aliphatic rings. The van der Waals surface area contributed by atoms with E-state index in [1.165, 1.54) is 127 Å². The Balaban J connectivity index is 1.56. The summed E-state index contributed by atoms with van der Waals surface area (Å²) in [6.07, 6.45) is 18.5. The number of hydrogen-bond donors (Lipinski definition) is 0. The first-order valence-electron chi connectivity index (χ1n) is 20.7. The fourth-order valence-corrected chi connectivity index (χ4v) is 9.28. The van der Waals surface area contributed by atoms with Crippen LogP contribution in [0.5, 0.6) is 0 Å². The predicted octanol–water partition coefficient (Wildman–Crippen LogP) is 14.9. The lowest BCUT2D eigenvalue weighted by Gasteiger charge is -2.34. The number of rotatable bonds is 17. The maximum Gasteiger partial charge on any atom is 0.0725 e. The van der Waals surface area contributed by atoms with Gasteiger partial charge in [0.2, 0.25) is 0 Å². The summed E-state index contributed by atoms with van der Waals surface area (Å²) in [5.41, 5.74) is 16.3. The molecule has 0 nitrogen and oxygen atoms in total. The molecule has 0 saturated heterocycles. The molecule has 266 valence electrons. The average molecular weight is 667 g/mol. The van der Waals surface area contributed by atoms with Gasteiger partial charge in [0, 0.05) is 0 Å². The van der Waals surface area contributed by atoms with Crippen molar-refractivity contribution < 1.29 is 0 Å². The molecule has 0 heterocycles. The van der Waals surface area contributed by atoms with Gasteiger partial charge in [-0.15, -0.1) is 0 Å². The topological polar surface area (TPSA) is 0 Å². The maximum atomic E-state index is 2.67. The van der Waals surface area contributed by atoms with E-state index in [9.17, 15) is 0 Å². The van der Waals surface area contributed by atoms with E-state index >= 15 is 0 Å². The molecule has 0 saturated carbocycles. The standard InChI is InChI=1S/C50H66/c1-9-13-15-17-23-36(24-18-16-14-10-2)29-30-37-33-39(49(7,8)12-4)35-46-47(37)42-32-31-38(48(5,6)11-3)34-45(42)50(46)43-27-21-19-25-40(43)41-26-20-22-28-44(41)50/h19-22,25-28,31-36H,9-18,23-24,29-30H2,1-8H3. The second kappa shape index (κ2) is 15.2. The van der Waals surface area contributed by atoms with Crippen molar-refractivity contribution in [3.05, 3.63) is 118 Å². The lowest BCUT2D eigenvalue weighted by atomic mass is 9.68. The highest BCUT2D eigenvalue weighted by Crippen LogP contribution is 2.64. The zero-order valence-corrected chi connectivity index (χ0v) is 33.0. The second-order valence-electron chi connectivity index (χ2n) is 17.2. The number of unbranched alkanes of at least 4 members (excludes halogenated alkanes) is 6. The first kappa shape index (κ1) is 36.7. The number of aryl methyl sites for hydroxylation is 1. The van der Waals surface area contributed by atoms with Crippen LogP contribution >= 0.6 is 0 Å². The van der Waals surface area contributed by atoms with Crippen LogP contribution in [0.25, 0.3) is 22.3 Å². The Bertz CT molecular complexity index is 1710. The largest absolute Gasteiger partial charge is 0.0725 e. The van der Waals surface area contributed by atoms with Gasteiger partial charge in [-0.2, -0.15) is 0 Å². The van der Waals surface area contributed by atoms with Crippen molar-refractivity contribution in [2.45, 2.75) is 162 Å². The molecule has 50 heavy (non-hydrogen) atoms. The van der Waals surface area contributed by atoms with Gasteiger partial charge in [-0.05, 0) is 104 Å². The van der Waals surface area contributed by atoms with E-state index in [4.69, 9.17) is 0 Å². The molecule has 4 aromatic rings. The van der Waals surface area contributed by atoms with E-state index in [2.05, 4.69) is 134 Å². The smallest absolute Gasteiger partial charge is 0.0654 e. The van der Waals surface area contributed by atoms with Crippen LogP contribution in [0.15, 0.2) is 78.9 Å². The Hall–Kier alpha value is -3.12. The van der Waals surface area contributed by atoms with Gasteiger partial charge in [0.25, 0.3) is 0 Å². The summed E-state index contributed by atoms with van der Waals surface area (Å²) in [6.45, 7) is 19.2. The minimum Gasteiger partial charge on any atom is -0.0654 e. The molecule has 6 rings (SSSR count). The molecule has 0 fully saturated rings. The van der Waals surface area contributed by atoms with Crippen LogP contribution in [-0.4, -0.2) is 0 Å². The van der Waals surface area contributed by atoms with Gasteiger partial charge < -0.3 is 0 Å². The van der Waals surface area contributed by atoms with E-state index in [0.717, 1.165) is 18.8 Å². The molecule has 0 amide bonds. The highest BCUT2D eigenvalue weighted by atomic mass is 14.5. The Morgan fingerprint density at radius 3 is 1.60 bits per heavy atom. The SMILES string of the molecule is CCCCCCC(CCCCCC)CCc1cc(C(C)(C)CC)cc2c1-c1ccc(C(C)(C)CC)cc1C21c2ccccc2-c2ccccc21. The fourth-order valence-electron chi connectivity index (χ4n) is 9.28.